The number of hydrogen-bond acceptors (Lipinski definition) is 7. The minimum Gasteiger partial charge on any atom is -0.422 e. The van der Waals surface area contributed by atoms with Gasteiger partial charge in [0.2, 0.25) is 0 Å². The molecule has 0 fully saturated rings. The highest BCUT2D eigenvalue weighted by Gasteiger charge is 2.33. The summed E-state index contributed by atoms with van der Waals surface area (Å²) in [6, 6.07) is 11.3. The Labute approximate surface area is 188 Å². The van der Waals surface area contributed by atoms with Crippen LogP contribution >= 0.6 is 22.7 Å². The van der Waals surface area contributed by atoms with Crippen molar-refractivity contribution in [3.8, 4) is 5.75 Å². The van der Waals surface area contributed by atoms with Gasteiger partial charge in [0, 0.05) is 24.0 Å². The zero-order valence-corrected chi connectivity index (χ0v) is 18.9. The van der Waals surface area contributed by atoms with Crippen LogP contribution in [0.25, 0.3) is 0 Å². The van der Waals surface area contributed by atoms with Gasteiger partial charge in [-0.05, 0) is 55.0 Å². The van der Waals surface area contributed by atoms with Crippen LogP contribution in [0.3, 0.4) is 0 Å². The summed E-state index contributed by atoms with van der Waals surface area (Å²) < 4.78 is 5.52. The molecule has 1 amide bonds. The molecule has 0 radical (unpaired) electrons. The normalized spacial score (nSPS) is 18.2. The fraction of sp³-hybridized carbons (Fsp3) is 0.304. The van der Waals surface area contributed by atoms with E-state index in [0.29, 0.717) is 16.7 Å². The summed E-state index contributed by atoms with van der Waals surface area (Å²) in [5.41, 5.74) is 2.81. The third kappa shape index (κ3) is 3.86. The fourth-order valence-electron chi connectivity index (χ4n) is 4.05. The lowest BCUT2D eigenvalue weighted by Crippen LogP contribution is -2.39. The van der Waals surface area contributed by atoms with E-state index in [9.17, 15) is 9.59 Å². The van der Waals surface area contributed by atoms with Crippen LogP contribution in [0.4, 0.5) is 5.00 Å². The van der Waals surface area contributed by atoms with Crippen molar-refractivity contribution in [1.82, 2.24) is 10.2 Å². The fourth-order valence-corrected chi connectivity index (χ4v) is 5.95. The van der Waals surface area contributed by atoms with Gasteiger partial charge in [-0.3, -0.25) is 9.69 Å². The quantitative estimate of drug-likeness (QED) is 0.445. The van der Waals surface area contributed by atoms with Crippen LogP contribution in [0, 0.1) is 0 Å². The average Bonchev–Trinajstić information content (AvgIpc) is 3.41. The molecule has 1 aromatic carbocycles. The van der Waals surface area contributed by atoms with Gasteiger partial charge < -0.3 is 15.4 Å². The Morgan fingerprint density at radius 2 is 2.10 bits per heavy atom. The van der Waals surface area contributed by atoms with Crippen molar-refractivity contribution in [2.75, 3.05) is 11.9 Å². The van der Waals surface area contributed by atoms with Crippen LogP contribution in [0.1, 0.15) is 56.0 Å². The van der Waals surface area contributed by atoms with Crippen molar-refractivity contribution in [2.45, 2.75) is 39.0 Å². The second-order valence-corrected chi connectivity index (χ2v) is 10.1. The Hall–Kier alpha value is -2.68. The average molecular weight is 454 g/mol. The summed E-state index contributed by atoms with van der Waals surface area (Å²) in [5, 5.41) is 9.32. The lowest BCUT2D eigenvalue weighted by Gasteiger charge is -2.31. The van der Waals surface area contributed by atoms with Crippen molar-refractivity contribution in [3.63, 3.8) is 0 Å². The van der Waals surface area contributed by atoms with Crippen LogP contribution in [0.2, 0.25) is 0 Å². The summed E-state index contributed by atoms with van der Waals surface area (Å²) in [6.07, 6.45) is 0.523. The van der Waals surface area contributed by atoms with Crippen LogP contribution < -0.4 is 15.4 Å². The Balaban J connectivity index is 1.37. The molecule has 31 heavy (non-hydrogen) atoms. The zero-order chi connectivity index (χ0) is 21.5. The van der Waals surface area contributed by atoms with Crippen LogP contribution in [-0.2, 0) is 13.0 Å². The Morgan fingerprint density at radius 3 is 2.87 bits per heavy atom. The molecule has 0 saturated carbocycles. The predicted molar refractivity (Wildman–Crippen MR) is 123 cm³/mol. The molecular weight excluding hydrogens is 430 g/mol. The molecule has 0 bridgehead atoms. The van der Waals surface area contributed by atoms with E-state index < -0.39 is 0 Å². The number of nitrogens with zero attached hydrogens (tertiary/aromatic N) is 1. The largest absolute Gasteiger partial charge is 0.422 e. The van der Waals surface area contributed by atoms with Crippen LogP contribution in [-0.4, -0.2) is 29.4 Å². The van der Waals surface area contributed by atoms with E-state index in [2.05, 4.69) is 29.4 Å². The lowest BCUT2D eigenvalue weighted by atomic mass is 9.99. The number of carbonyl (C=O) groups excluding carboxylic acids is 2. The van der Waals surface area contributed by atoms with Gasteiger partial charge >= 0.3 is 5.97 Å². The molecule has 6 nitrogen and oxygen atoms in total. The van der Waals surface area contributed by atoms with Crippen molar-refractivity contribution >= 4 is 39.6 Å². The summed E-state index contributed by atoms with van der Waals surface area (Å²) >= 11 is 3.02. The van der Waals surface area contributed by atoms with Gasteiger partial charge in [-0.1, -0.05) is 18.2 Å². The molecule has 0 spiro atoms. The maximum absolute atomic E-state index is 13.0. The summed E-state index contributed by atoms with van der Waals surface area (Å²) in [7, 11) is 0. The number of esters is 1. The predicted octanol–water partition coefficient (Wildman–Crippen LogP) is 4.65. The first kappa shape index (κ1) is 20.2. The number of fused-ring (bicyclic) bond motifs is 3. The molecule has 2 aromatic heterocycles. The standard InChI is InChI=1S/C23H23N3O3S2/c1-13(2)26-9-8-16-18(12-26)31-22-19(16)21(27)24-20(25-22)14-5-3-6-15(11-14)29-23(28)17-7-4-10-30-17/h3-7,10-11,13,20,25H,8-9,12H2,1-2H3,(H,24,27)/t20-/m1/s1. The van der Waals surface area contributed by atoms with Crippen molar-refractivity contribution in [2.24, 2.45) is 0 Å². The van der Waals surface area contributed by atoms with E-state index >= 15 is 0 Å². The lowest BCUT2D eigenvalue weighted by molar-refractivity contribution is 0.0739. The maximum Gasteiger partial charge on any atom is 0.353 e. The summed E-state index contributed by atoms with van der Waals surface area (Å²) in [4.78, 5) is 29.5. The second-order valence-electron chi connectivity index (χ2n) is 8.01. The number of ether oxygens (including phenoxy) is 1. The van der Waals surface area contributed by atoms with E-state index in [-0.39, 0.29) is 18.0 Å². The van der Waals surface area contributed by atoms with Gasteiger partial charge in [0.05, 0.1) is 5.56 Å². The molecule has 5 rings (SSSR count). The molecule has 3 aromatic rings. The zero-order valence-electron chi connectivity index (χ0n) is 17.3. The highest BCUT2D eigenvalue weighted by Crippen LogP contribution is 2.41. The molecule has 160 valence electrons. The van der Waals surface area contributed by atoms with Gasteiger partial charge in [-0.25, -0.2) is 4.79 Å². The first-order valence-corrected chi connectivity index (χ1v) is 12.0. The molecule has 2 N–H and O–H groups in total. The number of hydrogen-bond donors (Lipinski definition) is 2. The number of amides is 1. The summed E-state index contributed by atoms with van der Waals surface area (Å²) in [6.45, 7) is 6.27. The first-order chi connectivity index (χ1) is 15.0. The van der Waals surface area contributed by atoms with Crippen LogP contribution in [0.15, 0.2) is 41.8 Å². The van der Waals surface area contributed by atoms with Crippen LogP contribution in [0.5, 0.6) is 5.75 Å². The highest BCUT2D eigenvalue weighted by molar-refractivity contribution is 7.16. The molecule has 8 heteroatoms. The molecular formula is C23H23N3O3S2. The topological polar surface area (TPSA) is 70.7 Å². The van der Waals surface area contributed by atoms with Gasteiger partial charge in [0.1, 0.15) is 21.8 Å². The van der Waals surface area contributed by atoms with Gasteiger partial charge in [-0.2, -0.15) is 0 Å². The third-order valence-electron chi connectivity index (χ3n) is 5.72. The van der Waals surface area contributed by atoms with Crippen molar-refractivity contribution in [3.05, 3.63) is 68.2 Å². The number of carbonyl (C=O) groups is 2. The van der Waals surface area contributed by atoms with E-state index in [1.807, 2.05) is 23.6 Å². The SMILES string of the molecule is CC(C)N1CCc2c(sc3c2C(=O)N[C@@H](c2cccc(OC(=O)c4cccs4)c2)N3)C1. The van der Waals surface area contributed by atoms with E-state index in [1.165, 1.54) is 21.8 Å². The number of nitrogens with one attached hydrogen (secondary N) is 2. The smallest absolute Gasteiger partial charge is 0.353 e. The minimum atomic E-state index is -0.379. The van der Waals surface area contributed by atoms with E-state index in [4.69, 9.17) is 4.74 Å². The van der Waals surface area contributed by atoms with Gasteiger partial charge in [0.15, 0.2) is 0 Å². The Bertz CT molecular complexity index is 1140. The number of benzene rings is 1. The van der Waals surface area contributed by atoms with Gasteiger partial charge in [0.25, 0.3) is 5.91 Å². The minimum absolute atomic E-state index is 0.0461. The van der Waals surface area contributed by atoms with E-state index in [1.54, 1.807) is 29.5 Å². The molecule has 2 aliphatic heterocycles. The van der Waals surface area contributed by atoms with E-state index in [0.717, 1.165) is 35.6 Å². The van der Waals surface area contributed by atoms with Crippen molar-refractivity contribution < 1.29 is 14.3 Å². The molecule has 1 atom stereocenters. The van der Waals surface area contributed by atoms with Gasteiger partial charge in [-0.15, -0.1) is 22.7 Å². The van der Waals surface area contributed by atoms with Crippen molar-refractivity contribution in [1.29, 1.82) is 0 Å². The Kier molecular flexibility index (Phi) is 5.29. The third-order valence-corrected chi connectivity index (χ3v) is 7.72. The molecule has 0 aliphatic carbocycles. The maximum atomic E-state index is 13.0. The second kappa shape index (κ2) is 8.11. The number of anilines is 1. The molecule has 2 aliphatic rings. The number of thiophene rings is 2. The Morgan fingerprint density at radius 1 is 1.23 bits per heavy atom. The molecule has 0 saturated heterocycles. The number of rotatable bonds is 4. The molecule has 0 unspecified atom stereocenters. The summed E-state index contributed by atoms with van der Waals surface area (Å²) in [5.74, 6) is 0.0294. The first-order valence-electron chi connectivity index (χ1n) is 10.3. The highest BCUT2D eigenvalue weighted by atomic mass is 32.1. The monoisotopic (exact) mass is 453 g/mol. The molecule has 4 heterocycles.